The number of aliphatic hydroxyl groups excluding tert-OH is 1. The molecule has 0 aliphatic heterocycles. The second-order valence-electron chi connectivity index (χ2n) is 1.98. The van der Waals surface area contributed by atoms with Gasteiger partial charge in [0.25, 0.3) is 0 Å². The molecule has 11 heavy (non-hydrogen) atoms. The Bertz CT molecular complexity index is 216. The van der Waals surface area contributed by atoms with Crippen LogP contribution in [0.25, 0.3) is 0 Å². The summed E-state index contributed by atoms with van der Waals surface area (Å²) in [6, 6.07) is 0. The van der Waals surface area contributed by atoms with E-state index < -0.39 is 0 Å². The van der Waals surface area contributed by atoms with Crippen molar-refractivity contribution in [1.29, 1.82) is 0 Å². The molecule has 0 aliphatic rings. The fourth-order valence-electron chi connectivity index (χ4n) is 0.610. The molecule has 2 N–H and O–H groups in total. The Hall–Kier alpha value is -0.320. The zero-order chi connectivity index (χ0) is 8.10. The number of aromatic nitrogens is 1. The summed E-state index contributed by atoms with van der Waals surface area (Å²) >= 11 is 7.05. The van der Waals surface area contributed by atoms with Gasteiger partial charge < -0.3 is 10.4 Å². The van der Waals surface area contributed by atoms with Gasteiger partial charge in [0.2, 0.25) is 0 Å². The highest BCUT2D eigenvalue weighted by Gasteiger charge is 1.96. The third-order valence-electron chi connectivity index (χ3n) is 1.09. The minimum Gasteiger partial charge on any atom is -0.396 e. The minimum absolute atomic E-state index is 0.201. The first-order chi connectivity index (χ1) is 5.33. The maximum atomic E-state index is 8.47. The largest absolute Gasteiger partial charge is 0.396 e. The zero-order valence-corrected chi connectivity index (χ0v) is 7.45. The van der Waals surface area contributed by atoms with E-state index in [1.165, 1.54) is 11.3 Å². The van der Waals surface area contributed by atoms with Crippen molar-refractivity contribution in [2.75, 3.05) is 18.5 Å². The second kappa shape index (κ2) is 4.54. The molecule has 0 aromatic carbocycles. The van der Waals surface area contributed by atoms with Crippen molar-refractivity contribution in [3.05, 3.63) is 10.5 Å². The Morgan fingerprint density at radius 1 is 1.73 bits per heavy atom. The summed E-state index contributed by atoms with van der Waals surface area (Å²) in [5.74, 6) is 0. The van der Waals surface area contributed by atoms with Crippen molar-refractivity contribution >= 4 is 28.1 Å². The van der Waals surface area contributed by atoms with Crippen LogP contribution in [0.2, 0.25) is 5.15 Å². The number of anilines is 1. The van der Waals surface area contributed by atoms with Gasteiger partial charge in [-0.3, -0.25) is 0 Å². The molecule has 1 rings (SSSR count). The highest BCUT2D eigenvalue weighted by atomic mass is 35.5. The zero-order valence-electron chi connectivity index (χ0n) is 5.88. The monoisotopic (exact) mass is 192 g/mol. The van der Waals surface area contributed by atoms with Crippen molar-refractivity contribution in [2.24, 2.45) is 0 Å². The van der Waals surface area contributed by atoms with Crippen LogP contribution in [0.4, 0.5) is 5.13 Å². The lowest BCUT2D eigenvalue weighted by molar-refractivity contribution is 0.292. The lowest BCUT2D eigenvalue weighted by Crippen LogP contribution is -2.02. The normalized spacial score (nSPS) is 10.0. The number of rotatable bonds is 4. The van der Waals surface area contributed by atoms with Gasteiger partial charge in [-0.05, 0) is 6.42 Å². The van der Waals surface area contributed by atoms with Gasteiger partial charge >= 0.3 is 0 Å². The van der Waals surface area contributed by atoms with E-state index in [0.29, 0.717) is 5.15 Å². The molecule has 0 saturated carbocycles. The number of nitrogens with zero attached hydrogens (tertiary/aromatic N) is 1. The van der Waals surface area contributed by atoms with E-state index in [-0.39, 0.29) is 6.61 Å². The number of thiazole rings is 1. The number of halogens is 1. The SMILES string of the molecule is OCCCNc1nc(Cl)cs1. The summed E-state index contributed by atoms with van der Waals surface area (Å²) < 4.78 is 0. The van der Waals surface area contributed by atoms with E-state index in [1.54, 1.807) is 5.38 Å². The highest BCUT2D eigenvalue weighted by molar-refractivity contribution is 7.14. The van der Waals surface area contributed by atoms with Crippen LogP contribution in [0.15, 0.2) is 5.38 Å². The van der Waals surface area contributed by atoms with E-state index in [1.807, 2.05) is 0 Å². The lowest BCUT2D eigenvalue weighted by atomic mass is 10.5. The van der Waals surface area contributed by atoms with Crippen molar-refractivity contribution in [3.63, 3.8) is 0 Å². The molecule has 5 heteroatoms. The fourth-order valence-corrected chi connectivity index (χ4v) is 1.48. The van der Waals surface area contributed by atoms with E-state index in [4.69, 9.17) is 16.7 Å². The summed E-state index contributed by atoms with van der Waals surface area (Å²) in [6.07, 6.45) is 0.733. The molecule has 0 radical (unpaired) electrons. The van der Waals surface area contributed by atoms with E-state index >= 15 is 0 Å². The fraction of sp³-hybridized carbons (Fsp3) is 0.500. The molecule has 0 fully saturated rings. The summed E-state index contributed by atoms with van der Waals surface area (Å²) in [7, 11) is 0. The van der Waals surface area contributed by atoms with Gasteiger partial charge in [-0.25, -0.2) is 4.98 Å². The Labute approximate surface area is 74.0 Å². The first-order valence-corrected chi connectivity index (χ1v) is 4.54. The maximum Gasteiger partial charge on any atom is 0.184 e. The molecule has 1 heterocycles. The molecule has 1 aromatic rings. The molecule has 0 saturated heterocycles. The van der Waals surface area contributed by atoms with Crippen LogP contribution in [-0.4, -0.2) is 23.2 Å². The maximum absolute atomic E-state index is 8.47. The standard InChI is InChI=1S/C6H9ClN2OS/c7-5-4-11-6(9-5)8-2-1-3-10/h4,10H,1-3H2,(H,8,9). The smallest absolute Gasteiger partial charge is 0.184 e. The quantitative estimate of drug-likeness (QED) is 0.713. The van der Waals surface area contributed by atoms with Crippen molar-refractivity contribution in [3.8, 4) is 0 Å². The van der Waals surface area contributed by atoms with Crippen molar-refractivity contribution in [1.82, 2.24) is 4.98 Å². The molecule has 0 atom stereocenters. The summed E-state index contributed by atoms with van der Waals surface area (Å²) in [5, 5.41) is 14.6. The Morgan fingerprint density at radius 3 is 3.09 bits per heavy atom. The molecular formula is C6H9ClN2OS. The average Bonchev–Trinajstić information content (AvgIpc) is 2.37. The van der Waals surface area contributed by atoms with Crippen LogP contribution in [0.1, 0.15) is 6.42 Å². The van der Waals surface area contributed by atoms with Gasteiger partial charge in [0, 0.05) is 18.5 Å². The average molecular weight is 193 g/mol. The Kier molecular flexibility index (Phi) is 3.62. The third-order valence-corrected chi connectivity index (χ3v) is 2.21. The molecule has 3 nitrogen and oxygen atoms in total. The molecule has 0 bridgehead atoms. The molecular weight excluding hydrogens is 184 g/mol. The molecule has 0 aliphatic carbocycles. The minimum atomic E-state index is 0.201. The second-order valence-corrected chi connectivity index (χ2v) is 3.22. The van der Waals surface area contributed by atoms with Gasteiger partial charge in [0.1, 0.15) is 5.15 Å². The van der Waals surface area contributed by atoms with Crippen LogP contribution in [0, 0.1) is 0 Å². The van der Waals surface area contributed by atoms with E-state index in [0.717, 1.165) is 18.1 Å². The molecule has 0 amide bonds. The van der Waals surface area contributed by atoms with Crippen LogP contribution < -0.4 is 5.32 Å². The molecule has 1 aromatic heterocycles. The van der Waals surface area contributed by atoms with E-state index in [2.05, 4.69) is 10.3 Å². The van der Waals surface area contributed by atoms with Gasteiger partial charge in [-0.1, -0.05) is 11.6 Å². The van der Waals surface area contributed by atoms with Crippen LogP contribution >= 0.6 is 22.9 Å². The summed E-state index contributed by atoms with van der Waals surface area (Å²) in [6.45, 7) is 0.937. The number of hydrogen-bond acceptors (Lipinski definition) is 4. The number of hydrogen-bond donors (Lipinski definition) is 2. The molecule has 0 unspecified atom stereocenters. The highest BCUT2D eigenvalue weighted by Crippen LogP contribution is 2.18. The summed E-state index contributed by atoms with van der Waals surface area (Å²) in [5.41, 5.74) is 0. The number of aliphatic hydroxyl groups is 1. The number of nitrogens with one attached hydrogen (secondary N) is 1. The van der Waals surface area contributed by atoms with Gasteiger partial charge in [-0.2, -0.15) is 0 Å². The Morgan fingerprint density at radius 2 is 2.55 bits per heavy atom. The lowest BCUT2D eigenvalue weighted by Gasteiger charge is -1.97. The van der Waals surface area contributed by atoms with Crippen LogP contribution in [-0.2, 0) is 0 Å². The first-order valence-electron chi connectivity index (χ1n) is 3.28. The predicted molar refractivity (Wildman–Crippen MR) is 47.3 cm³/mol. The third kappa shape index (κ3) is 3.05. The Balaban J connectivity index is 2.27. The van der Waals surface area contributed by atoms with Gasteiger partial charge in [0.15, 0.2) is 5.13 Å². The van der Waals surface area contributed by atoms with E-state index in [9.17, 15) is 0 Å². The van der Waals surface area contributed by atoms with Crippen LogP contribution in [0.3, 0.4) is 0 Å². The summed E-state index contributed by atoms with van der Waals surface area (Å²) in [4.78, 5) is 3.97. The van der Waals surface area contributed by atoms with Crippen LogP contribution in [0.5, 0.6) is 0 Å². The van der Waals surface area contributed by atoms with Crippen molar-refractivity contribution in [2.45, 2.75) is 6.42 Å². The molecule has 62 valence electrons. The van der Waals surface area contributed by atoms with Gasteiger partial charge in [-0.15, -0.1) is 11.3 Å². The van der Waals surface area contributed by atoms with Gasteiger partial charge in [0.05, 0.1) is 0 Å². The topological polar surface area (TPSA) is 45.1 Å². The first kappa shape index (κ1) is 8.77. The predicted octanol–water partition coefficient (Wildman–Crippen LogP) is 1.59. The molecule has 0 spiro atoms. The van der Waals surface area contributed by atoms with Crippen molar-refractivity contribution < 1.29 is 5.11 Å².